The van der Waals surface area contributed by atoms with Gasteiger partial charge in [-0.2, -0.15) is 4.31 Å². The minimum absolute atomic E-state index is 0.174. The first-order valence-corrected chi connectivity index (χ1v) is 12.3. The molecule has 7 heteroatoms. The molecule has 0 spiro atoms. The number of hydrogen-bond donors (Lipinski definition) is 0. The Kier molecular flexibility index (Phi) is 6.00. The van der Waals surface area contributed by atoms with Crippen LogP contribution in [0.2, 0.25) is 5.02 Å². The third-order valence-electron chi connectivity index (χ3n) is 6.71. The van der Waals surface area contributed by atoms with Crippen molar-refractivity contribution in [1.82, 2.24) is 9.21 Å². The van der Waals surface area contributed by atoms with Crippen LogP contribution in [0.3, 0.4) is 0 Å². The van der Waals surface area contributed by atoms with Gasteiger partial charge in [0.15, 0.2) is 0 Å². The number of piperidine rings is 2. The molecule has 1 saturated carbocycles. The second-order valence-corrected chi connectivity index (χ2v) is 10.8. The Labute approximate surface area is 173 Å². The van der Waals surface area contributed by atoms with Crippen molar-refractivity contribution in [2.75, 3.05) is 19.6 Å². The van der Waals surface area contributed by atoms with Crippen molar-refractivity contribution in [3.05, 3.63) is 29.3 Å². The van der Waals surface area contributed by atoms with Gasteiger partial charge in [-0.3, -0.25) is 4.79 Å². The van der Waals surface area contributed by atoms with Gasteiger partial charge in [-0.15, -0.1) is 0 Å². The number of nitrogens with zero attached hydrogens (tertiary/aromatic N) is 2. The van der Waals surface area contributed by atoms with E-state index in [1.807, 2.05) is 0 Å². The molecule has 2 aliphatic heterocycles. The number of sulfonamides is 1. The van der Waals surface area contributed by atoms with Gasteiger partial charge in [-0.05, 0) is 68.7 Å². The molecule has 154 valence electrons. The molecule has 3 atom stereocenters. The number of halogens is 1. The molecule has 2 saturated heterocycles. The molecule has 1 aromatic carbocycles. The minimum atomic E-state index is -3.60. The third-order valence-corrected chi connectivity index (χ3v) is 8.84. The zero-order valence-electron chi connectivity index (χ0n) is 16.2. The molecule has 5 nitrogen and oxygen atoms in total. The summed E-state index contributed by atoms with van der Waals surface area (Å²) in [5.41, 5.74) is 0. The van der Waals surface area contributed by atoms with Crippen molar-refractivity contribution >= 4 is 27.5 Å². The summed E-state index contributed by atoms with van der Waals surface area (Å²) in [6.07, 6.45) is 8.63. The first kappa shape index (κ1) is 20.2. The van der Waals surface area contributed by atoms with Crippen LogP contribution in [0.1, 0.15) is 51.4 Å². The number of hydrogen-bond acceptors (Lipinski definition) is 3. The van der Waals surface area contributed by atoms with E-state index in [9.17, 15) is 13.2 Å². The van der Waals surface area contributed by atoms with Crippen LogP contribution in [-0.2, 0) is 14.8 Å². The maximum absolute atomic E-state index is 13.3. The van der Waals surface area contributed by atoms with Crippen LogP contribution in [0.5, 0.6) is 0 Å². The SMILES string of the molecule is O=C(C1CCCN(S(=O)(=O)c2ccc(Cl)cc2)C1)N1CCCC2CCCCC21. The first-order valence-electron chi connectivity index (χ1n) is 10.5. The summed E-state index contributed by atoms with van der Waals surface area (Å²) in [6.45, 7) is 1.60. The van der Waals surface area contributed by atoms with Crippen LogP contribution in [0, 0.1) is 11.8 Å². The van der Waals surface area contributed by atoms with Crippen LogP contribution < -0.4 is 0 Å². The number of carbonyl (C=O) groups is 1. The summed E-state index contributed by atoms with van der Waals surface area (Å²) in [6, 6.07) is 6.65. The maximum Gasteiger partial charge on any atom is 0.243 e. The van der Waals surface area contributed by atoms with E-state index in [1.54, 1.807) is 24.3 Å². The highest BCUT2D eigenvalue weighted by atomic mass is 35.5. The van der Waals surface area contributed by atoms with E-state index < -0.39 is 10.0 Å². The Morgan fingerprint density at radius 1 is 0.929 bits per heavy atom. The zero-order chi connectivity index (χ0) is 19.7. The summed E-state index contributed by atoms with van der Waals surface area (Å²) in [4.78, 5) is 15.7. The summed E-state index contributed by atoms with van der Waals surface area (Å²) < 4.78 is 27.5. The summed E-state index contributed by atoms with van der Waals surface area (Å²) in [5, 5.41) is 0.512. The van der Waals surface area contributed by atoms with E-state index in [1.165, 1.54) is 30.0 Å². The normalized spacial score (nSPS) is 29.3. The van der Waals surface area contributed by atoms with Gasteiger partial charge in [-0.25, -0.2) is 8.42 Å². The van der Waals surface area contributed by atoms with Crippen LogP contribution in [0.25, 0.3) is 0 Å². The topological polar surface area (TPSA) is 57.7 Å². The molecule has 0 bridgehead atoms. The number of rotatable bonds is 3. The van der Waals surface area contributed by atoms with Gasteiger partial charge in [-0.1, -0.05) is 24.4 Å². The predicted molar refractivity (Wildman–Crippen MR) is 110 cm³/mol. The molecule has 3 unspecified atom stereocenters. The molecule has 0 aromatic heterocycles. The number of likely N-dealkylation sites (tertiary alicyclic amines) is 1. The Morgan fingerprint density at radius 3 is 2.39 bits per heavy atom. The molecule has 4 rings (SSSR count). The molecule has 3 aliphatic rings. The lowest BCUT2D eigenvalue weighted by atomic mass is 9.77. The standard InChI is InChI=1S/C21H29ClN2O3S/c22-18-9-11-19(12-10-18)28(26,27)23-13-3-7-17(15-23)21(25)24-14-4-6-16-5-1-2-8-20(16)24/h9-12,16-17,20H,1-8,13-15H2. The van der Waals surface area contributed by atoms with Gasteiger partial charge >= 0.3 is 0 Å². The monoisotopic (exact) mass is 424 g/mol. The van der Waals surface area contributed by atoms with E-state index in [0.29, 0.717) is 23.5 Å². The molecule has 1 amide bonds. The minimum Gasteiger partial charge on any atom is -0.339 e. The zero-order valence-corrected chi connectivity index (χ0v) is 17.8. The number of fused-ring (bicyclic) bond motifs is 1. The van der Waals surface area contributed by atoms with Crippen LogP contribution >= 0.6 is 11.6 Å². The van der Waals surface area contributed by atoms with Gasteiger partial charge in [0.05, 0.1) is 10.8 Å². The second kappa shape index (κ2) is 8.33. The van der Waals surface area contributed by atoms with Crippen molar-refractivity contribution in [3.63, 3.8) is 0 Å². The summed E-state index contributed by atoms with van der Waals surface area (Å²) >= 11 is 5.90. The lowest BCUT2D eigenvalue weighted by Crippen LogP contribution is -2.54. The van der Waals surface area contributed by atoms with Crippen molar-refractivity contribution < 1.29 is 13.2 Å². The Hall–Kier alpha value is -1.11. The van der Waals surface area contributed by atoms with E-state index >= 15 is 0 Å². The number of amides is 1. The average molecular weight is 425 g/mol. The van der Waals surface area contributed by atoms with Gasteiger partial charge in [0.2, 0.25) is 15.9 Å². The third kappa shape index (κ3) is 3.96. The smallest absolute Gasteiger partial charge is 0.243 e. The molecule has 1 aliphatic carbocycles. The van der Waals surface area contributed by atoms with Gasteiger partial charge in [0.1, 0.15) is 0 Å². The molecular weight excluding hydrogens is 396 g/mol. The van der Waals surface area contributed by atoms with Gasteiger partial charge in [0.25, 0.3) is 0 Å². The van der Waals surface area contributed by atoms with E-state index in [2.05, 4.69) is 4.90 Å². The van der Waals surface area contributed by atoms with Gasteiger partial charge < -0.3 is 4.90 Å². The number of carbonyl (C=O) groups excluding carboxylic acids is 1. The van der Waals surface area contributed by atoms with Crippen LogP contribution in [0.15, 0.2) is 29.2 Å². The van der Waals surface area contributed by atoms with Crippen molar-refractivity contribution in [2.24, 2.45) is 11.8 Å². The van der Waals surface area contributed by atoms with Crippen LogP contribution in [-0.4, -0.2) is 49.2 Å². The highest BCUT2D eigenvalue weighted by molar-refractivity contribution is 7.89. The Bertz CT molecular complexity index is 809. The summed E-state index contributed by atoms with van der Waals surface area (Å²) in [7, 11) is -3.60. The second-order valence-electron chi connectivity index (χ2n) is 8.44. The first-order chi connectivity index (χ1) is 13.5. The highest BCUT2D eigenvalue weighted by Gasteiger charge is 2.40. The maximum atomic E-state index is 13.3. The summed E-state index contributed by atoms with van der Waals surface area (Å²) in [5.74, 6) is 0.591. The van der Waals surface area contributed by atoms with E-state index in [4.69, 9.17) is 11.6 Å². The lowest BCUT2D eigenvalue weighted by molar-refractivity contribution is -0.143. The molecule has 1 aromatic rings. The molecular formula is C21H29ClN2O3S. The predicted octanol–water partition coefficient (Wildman–Crippen LogP) is 3.92. The fourth-order valence-corrected chi connectivity index (χ4v) is 6.90. The van der Waals surface area contributed by atoms with Crippen LogP contribution in [0.4, 0.5) is 0 Å². The van der Waals surface area contributed by atoms with Crippen molar-refractivity contribution in [1.29, 1.82) is 0 Å². The van der Waals surface area contributed by atoms with E-state index in [0.717, 1.165) is 32.2 Å². The Morgan fingerprint density at radius 2 is 1.61 bits per heavy atom. The van der Waals surface area contributed by atoms with Crippen molar-refractivity contribution in [2.45, 2.75) is 62.3 Å². The lowest BCUT2D eigenvalue weighted by Gasteiger charge is -2.46. The van der Waals surface area contributed by atoms with Gasteiger partial charge in [0, 0.05) is 30.7 Å². The molecule has 28 heavy (non-hydrogen) atoms. The Balaban J connectivity index is 1.48. The number of benzene rings is 1. The van der Waals surface area contributed by atoms with Crippen molar-refractivity contribution in [3.8, 4) is 0 Å². The quantitative estimate of drug-likeness (QED) is 0.738. The fourth-order valence-electron chi connectivity index (χ4n) is 5.25. The molecule has 2 heterocycles. The molecule has 3 fully saturated rings. The highest BCUT2D eigenvalue weighted by Crippen LogP contribution is 2.37. The fraction of sp³-hybridized carbons (Fsp3) is 0.667. The average Bonchev–Trinajstić information content (AvgIpc) is 2.73. The molecule has 0 N–H and O–H groups in total. The van der Waals surface area contributed by atoms with E-state index in [-0.39, 0.29) is 23.3 Å². The largest absolute Gasteiger partial charge is 0.339 e. The molecule has 0 radical (unpaired) electrons.